The summed E-state index contributed by atoms with van der Waals surface area (Å²) in [6, 6.07) is 18.1. The lowest BCUT2D eigenvalue weighted by Crippen LogP contribution is -2.49. The number of hydrogen-bond acceptors (Lipinski definition) is 3. The van der Waals surface area contributed by atoms with Gasteiger partial charge >= 0.3 is 0 Å². The Morgan fingerprint density at radius 1 is 0.941 bits per heavy atom. The second-order valence-corrected chi connectivity index (χ2v) is 10.8. The third kappa shape index (κ3) is 3.04. The highest BCUT2D eigenvalue weighted by Gasteiger charge is 2.54. The van der Waals surface area contributed by atoms with Crippen molar-refractivity contribution in [2.45, 2.75) is 43.9 Å². The number of aryl methyl sites for hydroxylation is 1. The molecule has 4 aliphatic rings. The molecule has 6 heteroatoms. The summed E-state index contributed by atoms with van der Waals surface area (Å²) in [5.74, 6) is 2.79. The molecular weight excluding hydrogens is 422 g/mol. The van der Waals surface area contributed by atoms with E-state index < -0.39 is 0 Å². The van der Waals surface area contributed by atoms with Crippen LogP contribution >= 0.6 is 0 Å². The van der Waals surface area contributed by atoms with Crippen LogP contribution in [0.15, 0.2) is 60.8 Å². The average Bonchev–Trinajstić information content (AvgIpc) is 3.42. The maximum Gasteiger partial charge on any atom is 0.261 e. The Labute approximate surface area is 199 Å². The van der Waals surface area contributed by atoms with Crippen molar-refractivity contribution < 1.29 is 4.79 Å². The van der Waals surface area contributed by atoms with E-state index >= 15 is 0 Å². The van der Waals surface area contributed by atoms with E-state index in [2.05, 4.69) is 10.3 Å². The number of para-hydroxylation sites is 3. The minimum atomic E-state index is -0.119. The molecule has 4 bridgehead atoms. The van der Waals surface area contributed by atoms with Crippen LogP contribution in [0.4, 0.5) is 5.95 Å². The fourth-order valence-corrected chi connectivity index (χ4v) is 7.47. The van der Waals surface area contributed by atoms with Crippen LogP contribution in [0.5, 0.6) is 0 Å². The SMILES string of the molecule is Cn1c(NC(=O)c2cn(-c3ccccc3)nc2C23CC4CC(CC(C4)C2)C3)nc2ccccc21. The van der Waals surface area contributed by atoms with Gasteiger partial charge in [0.25, 0.3) is 5.91 Å². The molecular formula is C28H29N5O. The van der Waals surface area contributed by atoms with Gasteiger partial charge in [-0.05, 0) is 80.5 Å². The fraction of sp³-hybridized carbons (Fsp3) is 0.393. The predicted octanol–water partition coefficient (Wildman–Crippen LogP) is 5.48. The van der Waals surface area contributed by atoms with Crippen LogP contribution in [0.25, 0.3) is 16.7 Å². The normalized spacial score (nSPS) is 27.4. The zero-order valence-electron chi connectivity index (χ0n) is 19.4. The molecule has 2 aromatic carbocycles. The van der Waals surface area contributed by atoms with Gasteiger partial charge in [0.15, 0.2) is 0 Å². The molecule has 8 rings (SSSR count). The molecule has 0 saturated heterocycles. The van der Waals surface area contributed by atoms with Crippen LogP contribution < -0.4 is 5.32 Å². The number of carbonyl (C=O) groups excluding carboxylic acids is 1. The zero-order chi connectivity index (χ0) is 22.9. The molecule has 1 N–H and O–H groups in total. The standard InChI is InChI=1S/C28H29N5O/c1-32-24-10-6-5-9-23(24)29-27(32)30-26(34)22-17-33(21-7-3-2-4-8-21)31-25(22)28-14-18-11-19(15-28)13-20(12-18)16-28/h2-10,17-20H,11-16H2,1H3,(H,29,30,34). The topological polar surface area (TPSA) is 64.7 Å². The quantitative estimate of drug-likeness (QED) is 0.447. The molecule has 0 radical (unpaired) electrons. The molecule has 0 atom stereocenters. The molecule has 1 amide bonds. The van der Waals surface area contributed by atoms with E-state index in [0.717, 1.165) is 40.2 Å². The summed E-state index contributed by atoms with van der Waals surface area (Å²) in [4.78, 5) is 18.5. The van der Waals surface area contributed by atoms with Gasteiger partial charge in [0.05, 0.1) is 28.0 Å². The van der Waals surface area contributed by atoms with E-state index in [-0.39, 0.29) is 11.3 Å². The molecule has 4 fully saturated rings. The lowest BCUT2D eigenvalue weighted by atomic mass is 9.48. The predicted molar refractivity (Wildman–Crippen MR) is 132 cm³/mol. The first-order chi connectivity index (χ1) is 16.6. The van der Waals surface area contributed by atoms with E-state index in [9.17, 15) is 4.79 Å². The number of nitrogens with one attached hydrogen (secondary N) is 1. The Morgan fingerprint density at radius 3 is 2.26 bits per heavy atom. The Bertz CT molecular complexity index is 1360. The molecule has 4 saturated carbocycles. The van der Waals surface area contributed by atoms with Crippen molar-refractivity contribution in [1.82, 2.24) is 19.3 Å². The molecule has 4 aromatic rings. The van der Waals surface area contributed by atoms with Gasteiger partial charge in [-0.3, -0.25) is 10.1 Å². The van der Waals surface area contributed by atoms with E-state index in [1.807, 2.05) is 77.1 Å². The highest BCUT2D eigenvalue weighted by atomic mass is 16.1. The lowest BCUT2D eigenvalue weighted by molar-refractivity contribution is -0.00765. The van der Waals surface area contributed by atoms with Gasteiger partial charge in [0, 0.05) is 18.7 Å². The summed E-state index contributed by atoms with van der Waals surface area (Å²) in [6.45, 7) is 0. The van der Waals surface area contributed by atoms with Gasteiger partial charge in [-0.2, -0.15) is 5.10 Å². The minimum Gasteiger partial charge on any atom is -0.313 e. The molecule has 2 aromatic heterocycles. The van der Waals surface area contributed by atoms with Crippen molar-refractivity contribution in [3.63, 3.8) is 0 Å². The van der Waals surface area contributed by atoms with Crippen LogP contribution in [-0.4, -0.2) is 25.2 Å². The van der Waals surface area contributed by atoms with E-state index in [1.54, 1.807) is 0 Å². The third-order valence-corrected chi connectivity index (χ3v) is 8.53. The minimum absolute atomic E-state index is 0.0216. The second-order valence-electron chi connectivity index (χ2n) is 10.8. The highest BCUT2D eigenvalue weighted by molar-refractivity contribution is 6.05. The monoisotopic (exact) mass is 451 g/mol. The summed E-state index contributed by atoms with van der Waals surface area (Å²) in [5.41, 5.74) is 4.56. The summed E-state index contributed by atoms with van der Waals surface area (Å²) in [5, 5.41) is 8.24. The number of carbonyl (C=O) groups is 1. The molecule has 6 nitrogen and oxygen atoms in total. The molecule has 0 aliphatic heterocycles. The molecule has 0 spiro atoms. The Morgan fingerprint density at radius 2 is 1.59 bits per heavy atom. The smallest absolute Gasteiger partial charge is 0.261 e. The first-order valence-electron chi connectivity index (χ1n) is 12.5. The summed E-state index contributed by atoms with van der Waals surface area (Å²) < 4.78 is 3.84. The van der Waals surface area contributed by atoms with Gasteiger partial charge in [-0.25, -0.2) is 9.67 Å². The van der Waals surface area contributed by atoms with Crippen LogP contribution in [0.1, 0.15) is 54.6 Å². The van der Waals surface area contributed by atoms with Crippen molar-refractivity contribution >= 4 is 22.9 Å². The number of hydrogen-bond donors (Lipinski definition) is 1. The Kier molecular flexibility index (Phi) is 4.29. The molecule has 0 unspecified atom stereocenters. The molecule has 34 heavy (non-hydrogen) atoms. The van der Waals surface area contributed by atoms with E-state index in [1.165, 1.54) is 38.5 Å². The Balaban J connectivity index is 1.31. The van der Waals surface area contributed by atoms with Gasteiger partial charge in [0.2, 0.25) is 5.95 Å². The van der Waals surface area contributed by atoms with Crippen molar-refractivity contribution in [3.8, 4) is 5.69 Å². The number of anilines is 1. The summed E-state index contributed by atoms with van der Waals surface area (Å²) in [7, 11) is 1.94. The number of rotatable bonds is 4. The van der Waals surface area contributed by atoms with Gasteiger partial charge in [-0.15, -0.1) is 0 Å². The van der Waals surface area contributed by atoms with E-state index in [0.29, 0.717) is 11.5 Å². The van der Waals surface area contributed by atoms with Crippen molar-refractivity contribution in [1.29, 1.82) is 0 Å². The molecule has 2 heterocycles. The lowest BCUT2D eigenvalue weighted by Gasteiger charge is -2.56. The number of amides is 1. The largest absolute Gasteiger partial charge is 0.313 e. The first kappa shape index (κ1) is 20.0. The average molecular weight is 452 g/mol. The zero-order valence-corrected chi connectivity index (χ0v) is 19.4. The van der Waals surface area contributed by atoms with Crippen molar-refractivity contribution in [2.75, 3.05) is 5.32 Å². The maximum atomic E-state index is 13.8. The third-order valence-electron chi connectivity index (χ3n) is 8.53. The molecule has 4 aliphatic carbocycles. The second kappa shape index (κ2) is 7.29. The first-order valence-corrected chi connectivity index (χ1v) is 12.5. The maximum absolute atomic E-state index is 13.8. The van der Waals surface area contributed by atoms with Crippen LogP contribution in [-0.2, 0) is 12.5 Å². The number of imidazole rings is 1. The number of aromatic nitrogens is 4. The van der Waals surface area contributed by atoms with Gasteiger partial charge in [0.1, 0.15) is 0 Å². The van der Waals surface area contributed by atoms with Crippen LogP contribution in [0.2, 0.25) is 0 Å². The molecule has 172 valence electrons. The number of fused-ring (bicyclic) bond motifs is 1. The highest BCUT2D eigenvalue weighted by Crippen LogP contribution is 2.60. The van der Waals surface area contributed by atoms with Crippen LogP contribution in [0, 0.1) is 17.8 Å². The number of benzene rings is 2. The fourth-order valence-electron chi connectivity index (χ4n) is 7.47. The number of nitrogens with zero attached hydrogens (tertiary/aromatic N) is 4. The van der Waals surface area contributed by atoms with Crippen LogP contribution in [0.3, 0.4) is 0 Å². The van der Waals surface area contributed by atoms with Gasteiger partial charge in [-0.1, -0.05) is 30.3 Å². The van der Waals surface area contributed by atoms with Gasteiger partial charge < -0.3 is 4.57 Å². The summed E-state index contributed by atoms with van der Waals surface area (Å²) in [6.07, 6.45) is 9.51. The Hall–Kier alpha value is -3.41. The van der Waals surface area contributed by atoms with Crippen molar-refractivity contribution in [2.24, 2.45) is 24.8 Å². The van der Waals surface area contributed by atoms with E-state index in [4.69, 9.17) is 5.10 Å². The van der Waals surface area contributed by atoms with Crippen molar-refractivity contribution in [3.05, 3.63) is 72.1 Å². The summed E-state index contributed by atoms with van der Waals surface area (Å²) >= 11 is 0.